The largest absolute Gasteiger partial charge is 0.495 e. The molecule has 39 heavy (non-hydrogen) atoms. The SMILES string of the molecule is COc1ccc(NC(=O)CN(c2ccc(C)cc2C)S(=O)(=O)c2ccccc2)cc1S(=O)(=O)N1CCCCC1. The molecule has 11 heteroatoms. The minimum absolute atomic E-state index is 0.0483. The van der Waals surface area contributed by atoms with Crippen LogP contribution < -0.4 is 14.4 Å². The monoisotopic (exact) mass is 571 g/mol. The first-order valence-electron chi connectivity index (χ1n) is 12.7. The molecule has 1 aliphatic heterocycles. The second kappa shape index (κ2) is 11.8. The van der Waals surface area contributed by atoms with Crippen molar-refractivity contribution in [1.82, 2.24) is 4.31 Å². The van der Waals surface area contributed by atoms with Crippen LogP contribution in [0.5, 0.6) is 5.75 Å². The quantitative estimate of drug-likeness (QED) is 0.409. The van der Waals surface area contributed by atoms with Crippen molar-refractivity contribution in [2.24, 2.45) is 0 Å². The lowest BCUT2D eigenvalue weighted by molar-refractivity contribution is -0.114. The van der Waals surface area contributed by atoms with E-state index in [9.17, 15) is 21.6 Å². The van der Waals surface area contributed by atoms with Crippen molar-refractivity contribution < 1.29 is 26.4 Å². The summed E-state index contributed by atoms with van der Waals surface area (Å²) >= 11 is 0. The first kappa shape index (κ1) is 28.6. The van der Waals surface area contributed by atoms with Gasteiger partial charge < -0.3 is 10.1 Å². The van der Waals surface area contributed by atoms with Gasteiger partial charge in [-0.2, -0.15) is 4.31 Å². The van der Waals surface area contributed by atoms with Gasteiger partial charge in [0.1, 0.15) is 17.2 Å². The summed E-state index contributed by atoms with van der Waals surface area (Å²) < 4.78 is 61.8. The third-order valence-corrected chi connectivity index (χ3v) is 10.3. The number of aryl methyl sites for hydroxylation is 2. The van der Waals surface area contributed by atoms with Gasteiger partial charge >= 0.3 is 0 Å². The molecule has 1 saturated heterocycles. The molecule has 4 rings (SSSR count). The summed E-state index contributed by atoms with van der Waals surface area (Å²) in [4.78, 5) is 13.3. The number of hydrogen-bond acceptors (Lipinski definition) is 6. The Hall–Kier alpha value is -3.41. The summed E-state index contributed by atoms with van der Waals surface area (Å²) in [6, 6.07) is 17.6. The van der Waals surface area contributed by atoms with Gasteiger partial charge in [-0.15, -0.1) is 0 Å². The lowest BCUT2D eigenvalue weighted by Gasteiger charge is -2.27. The predicted molar refractivity (Wildman–Crippen MR) is 151 cm³/mol. The van der Waals surface area contributed by atoms with Crippen LogP contribution in [0.25, 0.3) is 0 Å². The van der Waals surface area contributed by atoms with Crippen LogP contribution in [0.4, 0.5) is 11.4 Å². The molecule has 1 amide bonds. The molecular weight excluding hydrogens is 538 g/mol. The minimum atomic E-state index is -4.08. The van der Waals surface area contributed by atoms with E-state index in [0.29, 0.717) is 24.3 Å². The van der Waals surface area contributed by atoms with Crippen LogP contribution in [-0.4, -0.2) is 53.8 Å². The molecule has 0 spiro atoms. The van der Waals surface area contributed by atoms with Crippen molar-refractivity contribution >= 4 is 37.3 Å². The molecule has 1 N–H and O–H groups in total. The Bertz CT molecular complexity index is 1550. The fraction of sp³-hybridized carbons (Fsp3) is 0.321. The molecule has 0 bridgehead atoms. The number of methoxy groups -OCH3 is 1. The third kappa shape index (κ3) is 6.26. The number of hydrogen-bond donors (Lipinski definition) is 1. The maximum absolute atomic E-state index is 13.6. The van der Waals surface area contributed by atoms with Crippen LogP contribution in [0.1, 0.15) is 30.4 Å². The Balaban J connectivity index is 1.65. The summed E-state index contributed by atoms with van der Waals surface area (Å²) in [7, 11) is -6.54. The molecule has 0 unspecified atom stereocenters. The number of sulfonamides is 2. The van der Waals surface area contributed by atoms with Gasteiger partial charge in [0.25, 0.3) is 10.0 Å². The first-order valence-corrected chi connectivity index (χ1v) is 15.5. The van der Waals surface area contributed by atoms with Crippen molar-refractivity contribution in [3.05, 3.63) is 77.9 Å². The highest BCUT2D eigenvalue weighted by Gasteiger charge is 2.31. The molecule has 1 fully saturated rings. The van der Waals surface area contributed by atoms with Crippen molar-refractivity contribution in [3.8, 4) is 5.75 Å². The van der Waals surface area contributed by atoms with E-state index in [0.717, 1.165) is 29.1 Å². The molecule has 0 aromatic heterocycles. The van der Waals surface area contributed by atoms with Crippen LogP contribution in [0, 0.1) is 13.8 Å². The predicted octanol–water partition coefficient (Wildman–Crippen LogP) is 4.32. The molecule has 0 atom stereocenters. The van der Waals surface area contributed by atoms with Gasteiger partial charge in [0, 0.05) is 18.8 Å². The maximum atomic E-state index is 13.6. The van der Waals surface area contributed by atoms with Crippen LogP contribution in [0.15, 0.2) is 76.5 Å². The topological polar surface area (TPSA) is 113 Å². The zero-order chi connectivity index (χ0) is 28.2. The molecular formula is C28H33N3O6S2. The highest BCUT2D eigenvalue weighted by molar-refractivity contribution is 7.92. The number of piperidine rings is 1. The molecule has 1 aliphatic rings. The van der Waals surface area contributed by atoms with E-state index in [1.165, 1.54) is 41.7 Å². The lowest BCUT2D eigenvalue weighted by atomic mass is 10.1. The van der Waals surface area contributed by atoms with Crippen LogP contribution >= 0.6 is 0 Å². The molecule has 208 valence electrons. The second-order valence-corrected chi connectivity index (χ2v) is 13.3. The third-order valence-electron chi connectivity index (χ3n) is 6.62. The number of rotatable bonds is 9. The maximum Gasteiger partial charge on any atom is 0.264 e. The van der Waals surface area contributed by atoms with E-state index in [1.807, 2.05) is 13.0 Å². The molecule has 0 saturated carbocycles. The Morgan fingerprint density at radius 1 is 0.923 bits per heavy atom. The number of carbonyl (C=O) groups is 1. The summed E-state index contributed by atoms with van der Waals surface area (Å²) in [6.45, 7) is 4.02. The van der Waals surface area contributed by atoms with E-state index in [2.05, 4.69) is 5.32 Å². The average molecular weight is 572 g/mol. The summed E-state index contributed by atoms with van der Waals surface area (Å²) in [5.74, 6) is -0.455. The minimum Gasteiger partial charge on any atom is -0.495 e. The number of carbonyl (C=O) groups excluding carboxylic acids is 1. The molecule has 3 aromatic rings. The smallest absolute Gasteiger partial charge is 0.264 e. The summed E-state index contributed by atoms with van der Waals surface area (Å²) in [5.41, 5.74) is 2.25. The molecule has 1 heterocycles. The fourth-order valence-electron chi connectivity index (χ4n) is 4.64. The molecule has 0 radical (unpaired) electrons. The molecule has 0 aliphatic carbocycles. The Labute approximate surface area is 230 Å². The Kier molecular flexibility index (Phi) is 8.63. The van der Waals surface area contributed by atoms with Crippen molar-refractivity contribution in [2.75, 3.05) is 36.4 Å². The number of ether oxygens (including phenoxy) is 1. The Morgan fingerprint density at radius 3 is 2.26 bits per heavy atom. The van der Waals surface area contributed by atoms with E-state index < -0.39 is 32.5 Å². The Morgan fingerprint density at radius 2 is 1.62 bits per heavy atom. The van der Waals surface area contributed by atoms with E-state index in [-0.39, 0.29) is 21.2 Å². The first-order chi connectivity index (χ1) is 18.5. The highest BCUT2D eigenvalue weighted by atomic mass is 32.2. The molecule has 3 aromatic carbocycles. The lowest BCUT2D eigenvalue weighted by Crippen LogP contribution is -2.38. The van der Waals surface area contributed by atoms with Crippen molar-refractivity contribution in [3.63, 3.8) is 0 Å². The zero-order valence-electron chi connectivity index (χ0n) is 22.3. The zero-order valence-corrected chi connectivity index (χ0v) is 23.9. The van der Waals surface area contributed by atoms with Gasteiger partial charge in [-0.1, -0.05) is 42.3 Å². The standard InChI is InChI=1S/C28H33N3O6S2/c1-21-12-14-25(22(2)18-21)31(38(33,34)24-10-6-4-7-11-24)20-28(32)29-23-13-15-26(37-3)27(19-23)39(35,36)30-16-8-5-9-17-30/h4,6-7,10-15,18-19H,5,8-9,16-17,20H2,1-3H3,(H,29,32). The number of benzene rings is 3. The van der Waals surface area contributed by atoms with E-state index in [1.54, 1.807) is 37.3 Å². The number of nitrogens with one attached hydrogen (secondary N) is 1. The molecule has 9 nitrogen and oxygen atoms in total. The van der Waals surface area contributed by atoms with Crippen molar-refractivity contribution in [2.45, 2.75) is 42.9 Å². The van der Waals surface area contributed by atoms with E-state index >= 15 is 0 Å². The van der Waals surface area contributed by atoms with Crippen LogP contribution in [0.2, 0.25) is 0 Å². The highest BCUT2D eigenvalue weighted by Crippen LogP contribution is 2.32. The summed E-state index contributed by atoms with van der Waals surface area (Å²) in [6.07, 6.45) is 2.53. The average Bonchev–Trinajstić information content (AvgIpc) is 2.93. The van der Waals surface area contributed by atoms with Gasteiger partial charge in [0.05, 0.1) is 17.7 Å². The van der Waals surface area contributed by atoms with Gasteiger partial charge in [-0.25, -0.2) is 16.8 Å². The van der Waals surface area contributed by atoms with Gasteiger partial charge in [0.15, 0.2) is 0 Å². The fourth-order valence-corrected chi connectivity index (χ4v) is 7.84. The normalized spacial score (nSPS) is 14.5. The van der Waals surface area contributed by atoms with Crippen molar-refractivity contribution in [1.29, 1.82) is 0 Å². The van der Waals surface area contributed by atoms with Gasteiger partial charge in [-0.05, 0) is 68.7 Å². The van der Waals surface area contributed by atoms with E-state index in [4.69, 9.17) is 4.74 Å². The van der Waals surface area contributed by atoms with Crippen LogP contribution in [-0.2, 0) is 24.8 Å². The van der Waals surface area contributed by atoms with Gasteiger partial charge in [-0.3, -0.25) is 9.10 Å². The summed E-state index contributed by atoms with van der Waals surface area (Å²) in [5, 5.41) is 2.68. The van der Waals surface area contributed by atoms with Gasteiger partial charge in [0.2, 0.25) is 15.9 Å². The van der Waals surface area contributed by atoms with Crippen LogP contribution in [0.3, 0.4) is 0 Å². The number of nitrogens with zero attached hydrogens (tertiary/aromatic N) is 2. The second-order valence-electron chi connectivity index (χ2n) is 9.49. The number of anilines is 2. The number of amides is 1.